The third kappa shape index (κ3) is 8.25. The van der Waals surface area contributed by atoms with Gasteiger partial charge in [0.1, 0.15) is 17.4 Å². The molecule has 0 atom stereocenters. The molecule has 1 N–H and O–H groups in total. The average Bonchev–Trinajstić information content (AvgIpc) is 3.45. The zero-order valence-electron chi connectivity index (χ0n) is 21.7. The van der Waals surface area contributed by atoms with Gasteiger partial charge in [0, 0.05) is 6.08 Å². The lowest BCUT2D eigenvalue weighted by atomic mass is 10.1. The highest BCUT2D eigenvalue weighted by Gasteiger charge is 2.14. The lowest BCUT2D eigenvalue weighted by molar-refractivity contribution is -0.129. The largest absolute Gasteiger partial charge is 0.493 e. The third-order valence-electron chi connectivity index (χ3n) is 5.11. The van der Waals surface area contributed by atoms with Gasteiger partial charge in [-0.3, -0.25) is 4.79 Å². The summed E-state index contributed by atoms with van der Waals surface area (Å²) in [7, 11) is 1.53. The Morgan fingerprint density at radius 1 is 1.05 bits per heavy atom. The van der Waals surface area contributed by atoms with E-state index in [0.717, 1.165) is 0 Å². The van der Waals surface area contributed by atoms with Crippen LogP contribution in [-0.4, -0.2) is 32.2 Å². The van der Waals surface area contributed by atoms with E-state index in [9.17, 15) is 14.9 Å². The van der Waals surface area contributed by atoms with Crippen LogP contribution in [0.15, 0.2) is 69.3 Å². The van der Waals surface area contributed by atoms with E-state index in [2.05, 4.69) is 21.2 Å². The van der Waals surface area contributed by atoms with Gasteiger partial charge in [0.15, 0.2) is 23.0 Å². The molecule has 0 saturated heterocycles. The van der Waals surface area contributed by atoms with E-state index in [1.165, 1.54) is 31.6 Å². The maximum atomic E-state index is 12.6. The minimum absolute atomic E-state index is 0.103. The molecule has 0 unspecified atom stereocenters. The first-order valence-electron chi connectivity index (χ1n) is 12.0. The van der Waals surface area contributed by atoms with Crippen LogP contribution in [0.5, 0.6) is 23.0 Å². The number of rotatable bonds is 12. The fourth-order valence-electron chi connectivity index (χ4n) is 3.39. The summed E-state index contributed by atoms with van der Waals surface area (Å²) in [4.78, 5) is 25.0. The molecular formula is C29H27BrN2O7. The normalized spacial score (nSPS) is 11.1. The maximum Gasteiger partial charge on any atom is 0.336 e. The minimum atomic E-state index is -0.627. The van der Waals surface area contributed by atoms with Crippen LogP contribution in [0.25, 0.3) is 12.2 Å². The summed E-state index contributed by atoms with van der Waals surface area (Å²) >= 11 is 3.46. The smallest absolute Gasteiger partial charge is 0.336 e. The van der Waals surface area contributed by atoms with Gasteiger partial charge in [0.25, 0.3) is 5.91 Å². The van der Waals surface area contributed by atoms with Crippen LogP contribution >= 0.6 is 15.9 Å². The van der Waals surface area contributed by atoms with E-state index in [0.29, 0.717) is 46.1 Å². The van der Waals surface area contributed by atoms with Gasteiger partial charge in [-0.05, 0) is 89.5 Å². The van der Waals surface area contributed by atoms with Gasteiger partial charge >= 0.3 is 5.97 Å². The Bertz CT molecular complexity index is 1410. The van der Waals surface area contributed by atoms with Crippen molar-refractivity contribution in [3.05, 3.63) is 81.7 Å². The van der Waals surface area contributed by atoms with E-state index in [1.807, 2.05) is 13.0 Å². The monoisotopic (exact) mass is 594 g/mol. The van der Waals surface area contributed by atoms with Crippen LogP contribution < -0.4 is 24.3 Å². The van der Waals surface area contributed by atoms with Crippen molar-refractivity contribution in [2.24, 2.45) is 0 Å². The molecule has 1 amide bonds. The van der Waals surface area contributed by atoms with Crippen molar-refractivity contribution in [1.29, 1.82) is 5.26 Å². The molecule has 0 aliphatic heterocycles. The lowest BCUT2D eigenvalue weighted by Gasteiger charge is -2.12. The molecule has 39 heavy (non-hydrogen) atoms. The number of carbonyl (C=O) groups excluding carboxylic acids is 2. The summed E-state index contributed by atoms with van der Waals surface area (Å²) in [5.41, 5.74) is 1.11. The van der Waals surface area contributed by atoms with Crippen molar-refractivity contribution >= 4 is 40.0 Å². The molecule has 0 aliphatic rings. The molecule has 3 aromatic rings. The number of methoxy groups -OCH3 is 1. The van der Waals surface area contributed by atoms with E-state index in [1.54, 1.807) is 49.4 Å². The summed E-state index contributed by atoms with van der Waals surface area (Å²) in [5, 5.41) is 12.1. The lowest BCUT2D eigenvalue weighted by Crippen LogP contribution is -2.23. The second-order valence-corrected chi connectivity index (χ2v) is 8.65. The molecule has 0 bridgehead atoms. The number of ether oxygens (including phenoxy) is 4. The molecule has 0 saturated carbocycles. The fourth-order valence-corrected chi connectivity index (χ4v) is 3.96. The van der Waals surface area contributed by atoms with Gasteiger partial charge in [-0.2, -0.15) is 5.26 Å². The van der Waals surface area contributed by atoms with Crippen LogP contribution in [0.1, 0.15) is 30.7 Å². The van der Waals surface area contributed by atoms with Crippen LogP contribution in [0.3, 0.4) is 0 Å². The van der Waals surface area contributed by atoms with Crippen molar-refractivity contribution in [1.82, 2.24) is 5.32 Å². The molecular weight excluding hydrogens is 568 g/mol. The zero-order valence-corrected chi connectivity index (χ0v) is 23.2. The topological polar surface area (TPSA) is 120 Å². The number of furan rings is 1. The first kappa shape index (κ1) is 29.1. The number of nitrogens with one attached hydrogen (secondary N) is 1. The molecule has 0 spiro atoms. The molecule has 1 heterocycles. The Balaban J connectivity index is 1.74. The highest BCUT2D eigenvalue weighted by atomic mass is 79.9. The number of carbonyl (C=O) groups is 2. The van der Waals surface area contributed by atoms with Crippen LogP contribution in [0, 0.1) is 11.3 Å². The second kappa shape index (κ2) is 14.4. The van der Waals surface area contributed by atoms with Crippen molar-refractivity contribution in [2.75, 3.05) is 20.3 Å². The average molecular weight is 595 g/mol. The van der Waals surface area contributed by atoms with Gasteiger partial charge in [0.2, 0.25) is 0 Å². The summed E-state index contributed by atoms with van der Waals surface area (Å²) in [5.74, 6) is 0.955. The van der Waals surface area contributed by atoms with Crippen LogP contribution in [0.4, 0.5) is 0 Å². The number of hydrogen-bond donors (Lipinski definition) is 1. The summed E-state index contributed by atoms with van der Waals surface area (Å²) in [6.07, 6.45) is 5.78. The highest BCUT2D eigenvalue weighted by Crippen LogP contribution is 2.37. The third-order valence-corrected chi connectivity index (χ3v) is 5.70. The number of halogens is 1. The first-order valence-corrected chi connectivity index (χ1v) is 12.8. The van der Waals surface area contributed by atoms with Gasteiger partial charge in [-0.1, -0.05) is 6.07 Å². The van der Waals surface area contributed by atoms with Crippen molar-refractivity contribution < 1.29 is 33.0 Å². The summed E-state index contributed by atoms with van der Waals surface area (Å²) in [6.45, 7) is 4.59. The molecule has 3 rings (SSSR count). The predicted molar refractivity (Wildman–Crippen MR) is 148 cm³/mol. The molecule has 202 valence electrons. The Labute approximate surface area is 234 Å². The first-order chi connectivity index (χ1) is 18.9. The second-order valence-electron chi connectivity index (χ2n) is 7.79. The number of nitrogens with zero attached hydrogens (tertiary/aromatic N) is 1. The Kier molecular flexibility index (Phi) is 10.8. The van der Waals surface area contributed by atoms with Gasteiger partial charge in [0.05, 0.1) is 37.6 Å². The zero-order chi connectivity index (χ0) is 28.2. The van der Waals surface area contributed by atoms with E-state index < -0.39 is 11.9 Å². The molecule has 10 heteroatoms. The summed E-state index contributed by atoms with van der Waals surface area (Å²) in [6, 6.07) is 13.6. The van der Waals surface area contributed by atoms with Crippen molar-refractivity contribution in [2.45, 2.75) is 20.4 Å². The number of amides is 1. The van der Waals surface area contributed by atoms with Gasteiger partial charge in [-0.25, -0.2) is 4.79 Å². The molecule has 9 nitrogen and oxygen atoms in total. The standard InChI is InChI=1S/C29H27BrN2O7/c1-4-36-25-15-19(13-21(17-31)29(34)32-18-22-7-6-12-38-22)8-10-24(25)39-27(33)11-9-20-14-23(30)28(37-5-2)26(16-20)35-3/h6-16H,4-5,18H2,1-3H3,(H,32,34)/b11-9+,21-13+. The number of nitriles is 1. The number of esters is 1. The van der Waals surface area contributed by atoms with Crippen LogP contribution in [0.2, 0.25) is 0 Å². The molecule has 0 fully saturated rings. The summed E-state index contributed by atoms with van der Waals surface area (Å²) < 4.78 is 28.0. The Hall–Kier alpha value is -4.49. The minimum Gasteiger partial charge on any atom is -0.493 e. The molecule has 0 radical (unpaired) electrons. The number of benzene rings is 2. The predicted octanol–water partition coefficient (Wildman–Crippen LogP) is 5.69. The van der Waals surface area contributed by atoms with E-state index in [-0.39, 0.29) is 23.6 Å². The SMILES string of the molecule is CCOc1cc(/C=C(\C#N)C(=O)NCc2ccco2)ccc1OC(=O)/C=C/c1cc(Br)c(OCC)c(OC)c1. The molecule has 1 aromatic heterocycles. The number of hydrogen-bond acceptors (Lipinski definition) is 8. The highest BCUT2D eigenvalue weighted by molar-refractivity contribution is 9.10. The Morgan fingerprint density at radius 2 is 1.82 bits per heavy atom. The molecule has 2 aromatic carbocycles. The Morgan fingerprint density at radius 3 is 2.49 bits per heavy atom. The molecule has 0 aliphatic carbocycles. The quantitative estimate of drug-likeness (QED) is 0.123. The van der Waals surface area contributed by atoms with Crippen molar-refractivity contribution in [3.8, 4) is 29.1 Å². The van der Waals surface area contributed by atoms with Gasteiger partial charge < -0.3 is 28.7 Å². The van der Waals surface area contributed by atoms with Crippen LogP contribution in [-0.2, 0) is 16.1 Å². The van der Waals surface area contributed by atoms with E-state index >= 15 is 0 Å². The maximum absolute atomic E-state index is 12.6. The van der Waals surface area contributed by atoms with Gasteiger partial charge in [-0.15, -0.1) is 0 Å². The van der Waals surface area contributed by atoms with E-state index in [4.69, 9.17) is 23.4 Å². The van der Waals surface area contributed by atoms with Crippen molar-refractivity contribution in [3.63, 3.8) is 0 Å². The fraction of sp³-hybridized carbons (Fsp3) is 0.207.